The number of carbonyl (C=O) groups excluding carboxylic acids is 2. The lowest BCUT2D eigenvalue weighted by Gasteiger charge is -2.28. The Labute approximate surface area is 191 Å². The smallest absolute Gasteiger partial charge is 0.257 e. The van der Waals surface area contributed by atoms with Crippen molar-refractivity contribution in [2.75, 3.05) is 31.0 Å². The summed E-state index contributed by atoms with van der Waals surface area (Å²) >= 11 is -1.14. The van der Waals surface area contributed by atoms with Crippen molar-refractivity contribution in [3.05, 3.63) is 53.1 Å². The predicted molar refractivity (Wildman–Crippen MR) is 124 cm³/mol. The summed E-state index contributed by atoms with van der Waals surface area (Å²) in [7, 11) is 1.58. The van der Waals surface area contributed by atoms with Crippen molar-refractivity contribution in [1.29, 1.82) is 0 Å². The summed E-state index contributed by atoms with van der Waals surface area (Å²) in [6.07, 6.45) is 3.42. The van der Waals surface area contributed by atoms with Gasteiger partial charge in [0.1, 0.15) is 11.8 Å². The maximum Gasteiger partial charge on any atom is 0.257 e. The highest BCUT2D eigenvalue weighted by molar-refractivity contribution is 7.90. The second-order valence-corrected chi connectivity index (χ2v) is 9.61. The Kier molecular flexibility index (Phi) is 6.62. The highest BCUT2D eigenvalue weighted by Gasteiger charge is 2.38. The molecule has 2 aromatic rings. The summed E-state index contributed by atoms with van der Waals surface area (Å²) in [5, 5.41) is 2.93. The third kappa shape index (κ3) is 4.56. The molecule has 32 heavy (non-hydrogen) atoms. The number of hydrogen-bond acceptors (Lipinski definition) is 5. The molecule has 1 fully saturated rings. The number of ether oxygens (including phenoxy) is 2. The summed E-state index contributed by atoms with van der Waals surface area (Å²) in [4.78, 5) is 27.6. The molecule has 2 unspecified atom stereocenters. The molecular weight excluding hydrogens is 428 g/mol. The second-order valence-electron chi connectivity index (χ2n) is 8.14. The van der Waals surface area contributed by atoms with Gasteiger partial charge in [-0.2, -0.15) is 0 Å². The van der Waals surface area contributed by atoms with E-state index in [9.17, 15) is 14.1 Å². The van der Waals surface area contributed by atoms with Crippen LogP contribution in [-0.2, 0) is 22.5 Å². The summed E-state index contributed by atoms with van der Waals surface area (Å²) in [6.45, 7) is 2.75. The molecule has 0 spiro atoms. The van der Waals surface area contributed by atoms with Crippen molar-refractivity contribution in [3.63, 3.8) is 0 Å². The van der Waals surface area contributed by atoms with Crippen molar-refractivity contribution in [1.82, 2.24) is 4.90 Å². The van der Waals surface area contributed by atoms with E-state index in [-0.39, 0.29) is 17.7 Å². The van der Waals surface area contributed by atoms with Crippen LogP contribution in [0.2, 0.25) is 0 Å². The molecule has 4 rings (SSSR count). The minimum atomic E-state index is -1.14. The van der Waals surface area contributed by atoms with Gasteiger partial charge < -0.3 is 24.2 Å². The fraction of sp³-hybridized carbons (Fsp3) is 0.417. The monoisotopic (exact) mass is 456 g/mol. The molecule has 170 valence electrons. The van der Waals surface area contributed by atoms with Crippen LogP contribution in [-0.4, -0.2) is 47.0 Å². The Hall–Kier alpha value is -2.71. The maximum atomic E-state index is 13.5. The quantitative estimate of drug-likeness (QED) is 0.583. The van der Waals surface area contributed by atoms with Crippen molar-refractivity contribution >= 4 is 28.7 Å². The zero-order chi connectivity index (χ0) is 22.8. The first-order valence-electron chi connectivity index (χ1n) is 10.8. The van der Waals surface area contributed by atoms with Crippen LogP contribution in [0, 0.1) is 5.92 Å². The van der Waals surface area contributed by atoms with E-state index in [0.717, 1.165) is 24.0 Å². The van der Waals surface area contributed by atoms with Gasteiger partial charge in [-0.05, 0) is 49.1 Å². The number of amides is 2. The fourth-order valence-electron chi connectivity index (χ4n) is 4.08. The number of rotatable bonds is 9. The Bertz CT molecular complexity index is 1020. The average molecular weight is 457 g/mol. The molecule has 1 heterocycles. The number of carbonyl (C=O) groups is 2. The maximum absolute atomic E-state index is 13.5. The second kappa shape index (κ2) is 9.42. The van der Waals surface area contributed by atoms with E-state index in [1.165, 1.54) is 0 Å². The Morgan fingerprint density at radius 3 is 2.72 bits per heavy atom. The zero-order valence-corrected chi connectivity index (χ0v) is 19.4. The third-order valence-corrected chi connectivity index (χ3v) is 6.60. The minimum absolute atomic E-state index is 0.0348. The molecule has 1 N–H and O–H groups in total. The SMILES string of the molecule is CCOc1cc(C(C[S+](C)[O-])N2Cc3cccc(NC(=O)C4CC4)c3C2=O)ccc1OC. The van der Waals surface area contributed by atoms with E-state index in [1.54, 1.807) is 30.4 Å². The largest absolute Gasteiger partial charge is 0.616 e. The third-order valence-electron chi connectivity index (χ3n) is 5.81. The molecule has 2 aliphatic rings. The first-order chi connectivity index (χ1) is 15.4. The van der Waals surface area contributed by atoms with Gasteiger partial charge in [-0.15, -0.1) is 0 Å². The molecule has 0 saturated heterocycles. The van der Waals surface area contributed by atoms with Gasteiger partial charge in [0.05, 0.1) is 31.2 Å². The number of anilines is 1. The molecular formula is C24H28N2O5S. The molecule has 0 bridgehead atoms. The molecule has 0 radical (unpaired) electrons. The van der Waals surface area contributed by atoms with E-state index >= 15 is 0 Å². The topological polar surface area (TPSA) is 90.9 Å². The van der Waals surface area contributed by atoms with Crippen LogP contribution in [0.5, 0.6) is 11.5 Å². The van der Waals surface area contributed by atoms with Gasteiger partial charge in [-0.1, -0.05) is 29.4 Å². The van der Waals surface area contributed by atoms with E-state index in [2.05, 4.69) is 5.32 Å². The molecule has 7 nitrogen and oxygen atoms in total. The van der Waals surface area contributed by atoms with Crippen LogP contribution in [0.15, 0.2) is 36.4 Å². The van der Waals surface area contributed by atoms with Crippen molar-refractivity contribution in [2.24, 2.45) is 5.92 Å². The van der Waals surface area contributed by atoms with Gasteiger partial charge in [0.25, 0.3) is 5.91 Å². The average Bonchev–Trinajstić information content (AvgIpc) is 3.56. The van der Waals surface area contributed by atoms with Crippen LogP contribution in [0.25, 0.3) is 0 Å². The molecule has 2 amide bonds. The van der Waals surface area contributed by atoms with Crippen LogP contribution in [0.3, 0.4) is 0 Å². The van der Waals surface area contributed by atoms with Crippen molar-refractivity contribution in [3.8, 4) is 11.5 Å². The van der Waals surface area contributed by atoms with Crippen molar-refractivity contribution in [2.45, 2.75) is 32.4 Å². The summed E-state index contributed by atoms with van der Waals surface area (Å²) in [5.41, 5.74) is 2.75. The molecule has 1 aliphatic heterocycles. The van der Waals surface area contributed by atoms with E-state index < -0.39 is 17.2 Å². The first kappa shape index (κ1) is 22.5. The Balaban J connectivity index is 1.66. The highest BCUT2D eigenvalue weighted by atomic mass is 32.2. The Morgan fingerprint density at radius 1 is 1.28 bits per heavy atom. The molecule has 8 heteroatoms. The van der Waals surface area contributed by atoms with Gasteiger partial charge >= 0.3 is 0 Å². The van der Waals surface area contributed by atoms with E-state index in [1.807, 2.05) is 31.2 Å². The first-order valence-corrected chi connectivity index (χ1v) is 12.5. The number of methoxy groups -OCH3 is 1. The molecule has 2 aromatic carbocycles. The highest BCUT2D eigenvalue weighted by Crippen LogP contribution is 2.39. The number of nitrogens with zero attached hydrogens (tertiary/aromatic N) is 1. The van der Waals surface area contributed by atoms with E-state index in [4.69, 9.17) is 9.47 Å². The van der Waals surface area contributed by atoms with Crippen LogP contribution >= 0.6 is 0 Å². The number of hydrogen-bond donors (Lipinski definition) is 1. The molecule has 2 atom stereocenters. The summed E-state index contributed by atoms with van der Waals surface area (Å²) in [6, 6.07) is 10.7. The lowest BCUT2D eigenvalue weighted by Crippen LogP contribution is -2.34. The van der Waals surface area contributed by atoms with Gasteiger partial charge in [0, 0.05) is 12.5 Å². The van der Waals surface area contributed by atoms with Gasteiger partial charge in [-0.3, -0.25) is 9.59 Å². The molecule has 0 aromatic heterocycles. The summed E-state index contributed by atoms with van der Waals surface area (Å²) < 4.78 is 23.3. The standard InChI is InChI=1S/C24H28N2O5S/c1-4-31-21-12-16(10-11-20(21)30-2)19(14-32(3)29)26-13-17-6-5-7-18(22(17)24(26)28)25-23(27)15-8-9-15/h5-7,10-12,15,19H,4,8-9,13-14H2,1-3H3,(H,25,27). The van der Waals surface area contributed by atoms with Crippen LogP contribution in [0.4, 0.5) is 5.69 Å². The van der Waals surface area contributed by atoms with E-state index in [0.29, 0.717) is 41.7 Å². The lowest BCUT2D eigenvalue weighted by molar-refractivity contribution is -0.117. The van der Waals surface area contributed by atoms with Crippen LogP contribution < -0.4 is 14.8 Å². The minimum Gasteiger partial charge on any atom is -0.616 e. The molecule has 1 saturated carbocycles. The predicted octanol–water partition coefficient (Wildman–Crippen LogP) is 3.52. The van der Waals surface area contributed by atoms with Gasteiger partial charge in [0.2, 0.25) is 5.91 Å². The number of fused-ring (bicyclic) bond motifs is 1. The summed E-state index contributed by atoms with van der Waals surface area (Å²) in [5.74, 6) is 1.32. The van der Waals surface area contributed by atoms with Crippen molar-refractivity contribution < 1.29 is 23.6 Å². The van der Waals surface area contributed by atoms with Gasteiger partial charge in [-0.25, -0.2) is 0 Å². The number of nitrogens with one attached hydrogen (secondary N) is 1. The number of benzene rings is 2. The lowest BCUT2D eigenvalue weighted by atomic mass is 10.1. The normalized spacial score (nSPS) is 17.0. The zero-order valence-electron chi connectivity index (χ0n) is 18.6. The molecule has 1 aliphatic carbocycles. The van der Waals surface area contributed by atoms with Gasteiger partial charge in [0.15, 0.2) is 11.5 Å². The van der Waals surface area contributed by atoms with Crippen LogP contribution in [0.1, 0.15) is 47.3 Å². The fourth-order valence-corrected chi connectivity index (χ4v) is 4.89. The Morgan fingerprint density at radius 2 is 2.06 bits per heavy atom.